The lowest BCUT2D eigenvalue weighted by molar-refractivity contribution is 0.0770. The van der Waals surface area contributed by atoms with E-state index in [9.17, 15) is 5.11 Å². The number of hydrogen-bond donors (Lipinski definition) is 2. The van der Waals surface area contributed by atoms with Gasteiger partial charge in [0.25, 0.3) is 0 Å². The molecule has 0 saturated heterocycles. The van der Waals surface area contributed by atoms with Gasteiger partial charge in [0.1, 0.15) is 0 Å². The van der Waals surface area contributed by atoms with Gasteiger partial charge >= 0.3 is 0 Å². The van der Waals surface area contributed by atoms with Crippen LogP contribution in [0.3, 0.4) is 0 Å². The van der Waals surface area contributed by atoms with Crippen molar-refractivity contribution in [1.82, 2.24) is 5.32 Å². The lowest BCUT2D eigenvalue weighted by atomic mass is 10.1. The quantitative estimate of drug-likeness (QED) is 0.764. The van der Waals surface area contributed by atoms with Crippen LogP contribution in [0.15, 0.2) is 29.2 Å². The van der Waals surface area contributed by atoms with Gasteiger partial charge in [-0.3, -0.25) is 0 Å². The van der Waals surface area contributed by atoms with Gasteiger partial charge in [0, 0.05) is 17.5 Å². The zero-order chi connectivity index (χ0) is 12.9. The molecule has 1 aromatic carbocycles. The van der Waals surface area contributed by atoms with Crippen LogP contribution in [0.5, 0.6) is 0 Å². The largest absolute Gasteiger partial charge is 0.389 e. The van der Waals surface area contributed by atoms with Crippen LogP contribution in [0.1, 0.15) is 39.3 Å². The molecular formula is C14H23NOS. The predicted molar refractivity (Wildman–Crippen MR) is 75.6 cm³/mol. The molecule has 0 radical (unpaired) electrons. The highest BCUT2D eigenvalue weighted by Gasteiger charge is 2.14. The van der Waals surface area contributed by atoms with E-state index in [1.54, 1.807) is 0 Å². The van der Waals surface area contributed by atoms with Crippen molar-refractivity contribution in [3.05, 3.63) is 29.8 Å². The molecule has 1 atom stereocenters. The normalized spacial score (nSPS) is 13.7. The summed E-state index contributed by atoms with van der Waals surface area (Å²) >= 11 is 1.85. The SMILES string of the molecule is CCSc1ccc(C(C)NCC(C)(C)O)cc1. The molecule has 0 bridgehead atoms. The van der Waals surface area contributed by atoms with Gasteiger partial charge < -0.3 is 10.4 Å². The maximum Gasteiger partial charge on any atom is 0.0715 e. The Morgan fingerprint density at radius 2 is 1.88 bits per heavy atom. The maximum atomic E-state index is 9.66. The van der Waals surface area contributed by atoms with Gasteiger partial charge in [-0.25, -0.2) is 0 Å². The first-order chi connectivity index (χ1) is 7.92. The Bertz CT molecular complexity index is 329. The van der Waals surface area contributed by atoms with Crippen molar-refractivity contribution in [3.63, 3.8) is 0 Å². The van der Waals surface area contributed by atoms with Crippen LogP contribution >= 0.6 is 11.8 Å². The van der Waals surface area contributed by atoms with Crippen LogP contribution in [0.2, 0.25) is 0 Å². The fourth-order valence-electron chi connectivity index (χ4n) is 1.54. The molecule has 1 rings (SSSR count). The van der Waals surface area contributed by atoms with Crippen molar-refractivity contribution in [2.75, 3.05) is 12.3 Å². The van der Waals surface area contributed by atoms with Gasteiger partial charge in [0.2, 0.25) is 0 Å². The van der Waals surface area contributed by atoms with Crippen molar-refractivity contribution < 1.29 is 5.11 Å². The van der Waals surface area contributed by atoms with Crippen LogP contribution in [0, 0.1) is 0 Å². The van der Waals surface area contributed by atoms with E-state index in [2.05, 4.69) is 43.4 Å². The first kappa shape index (κ1) is 14.6. The Labute approximate surface area is 109 Å². The van der Waals surface area contributed by atoms with Crippen LogP contribution in [-0.4, -0.2) is 23.0 Å². The number of nitrogens with one attached hydrogen (secondary N) is 1. The summed E-state index contributed by atoms with van der Waals surface area (Å²) in [7, 11) is 0. The average Bonchev–Trinajstić information content (AvgIpc) is 2.26. The molecule has 0 aliphatic heterocycles. The molecule has 0 aliphatic rings. The van der Waals surface area contributed by atoms with Crippen LogP contribution in [-0.2, 0) is 0 Å². The van der Waals surface area contributed by atoms with Crippen molar-refractivity contribution in [2.24, 2.45) is 0 Å². The number of hydrogen-bond acceptors (Lipinski definition) is 3. The second-order valence-electron chi connectivity index (χ2n) is 4.92. The van der Waals surface area contributed by atoms with Gasteiger partial charge in [0.05, 0.1) is 5.60 Å². The Morgan fingerprint density at radius 3 is 2.35 bits per heavy atom. The molecule has 0 spiro atoms. The smallest absolute Gasteiger partial charge is 0.0715 e. The molecule has 96 valence electrons. The Kier molecular flexibility index (Phi) is 5.50. The Balaban J connectivity index is 2.54. The fraction of sp³-hybridized carbons (Fsp3) is 0.571. The van der Waals surface area contributed by atoms with Crippen LogP contribution in [0.4, 0.5) is 0 Å². The van der Waals surface area contributed by atoms with E-state index >= 15 is 0 Å². The van der Waals surface area contributed by atoms with E-state index in [1.165, 1.54) is 10.5 Å². The van der Waals surface area contributed by atoms with Crippen molar-refractivity contribution >= 4 is 11.8 Å². The molecular weight excluding hydrogens is 230 g/mol. The first-order valence-corrected chi connectivity index (χ1v) is 7.09. The third kappa shape index (κ3) is 5.57. The summed E-state index contributed by atoms with van der Waals surface area (Å²) in [4.78, 5) is 1.31. The highest BCUT2D eigenvalue weighted by molar-refractivity contribution is 7.99. The van der Waals surface area contributed by atoms with Gasteiger partial charge in [-0.1, -0.05) is 19.1 Å². The molecule has 3 heteroatoms. The summed E-state index contributed by atoms with van der Waals surface area (Å²) in [5.41, 5.74) is 0.599. The van der Waals surface area contributed by atoms with E-state index in [1.807, 2.05) is 25.6 Å². The van der Waals surface area contributed by atoms with Gasteiger partial charge in [-0.2, -0.15) is 0 Å². The first-order valence-electron chi connectivity index (χ1n) is 6.11. The minimum atomic E-state index is -0.660. The molecule has 0 amide bonds. The molecule has 0 aromatic heterocycles. The van der Waals surface area contributed by atoms with Crippen molar-refractivity contribution in [2.45, 2.75) is 44.2 Å². The van der Waals surface area contributed by atoms with Crippen LogP contribution in [0.25, 0.3) is 0 Å². The second-order valence-corrected chi connectivity index (χ2v) is 6.25. The standard InChI is InChI=1S/C14H23NOS/c1-5-17-13-8-6-12(7-9-13)11(2)15-10-14(3,4)16/h6-9,11,15-16H,5,10H2,1-4H3. The minimum Gasteiger partial charge on any atom is -0.389 e. The maximum absolute atomic E-state index is 9.66. The molecule has 2 N–H and O–H groups in total. The second kappa shape index (κ2) is 6.43. The molecule has 0 fully saturated rings. The van der Waals surface area contributed by atoms with E-state index < -0.39 is 5.60 Å². The lowest BCUT2D eigenvalue weighted by Gasteiger charge is -2.22. The molecule has 0 saturated carbocycles. The van der Waals surface area contributed by atoms with E-state index in [0.717, 1.165) is 5.75 Å². The highest BCUT2D eigenvalue weighted by Crippen LogP contribution is 2.20. The summed E-state index contributed by atoms with van der Waals surface area (Å²) in [6.45, 7) is 8.50. The molecule has 0 aliphatic carbocycles. The Morgan fingerprint density at radius 1 is 1.29 bits per heavy atom. The molecule has 1 aromatic rings. The fourth-order valence-corrected chi connectivity index (χ4v) is 2.20. The summed E-state index contributed by atoms with van der Waals surface area (Å²) in [5.74, 6) is 1.10. The van der Waals surface area contributed by atoms with Crippen molar-refractivity contribution in [1.29, 1.82) is 0 Å². The summed E-state index contributed by atoms with van der Waals surface area (Å²) in [6.07, 6.45) is 0. The van der Waals surface area contributed by atoms with Gasteiger partial charge in [0.15, 0.2) is 0 Å². The zero-order valence-corrected chi connectivity index (χ0v) is 12.0. The molecule has 0 heterocycles. The lowest BCUT2D eigenvalue weighted by Crippen LogP contribution is -2.36. The van der Waals surface area contributed by atoms with Gasteiger partial charge in [-0.15, -0.1) is 11.8 Å². The number of rotatable bonds is 6. The zero-order valence-electron chi connectivity index (χ0n) is 11.2. The summed E-state index contributed by atoms with van der Waals surface area (Å²) in [5, 5.41) is 13.0. The summed E-state index contributed by atoms with van der Waals surface area (Å²) in [6, 6.07) is 8.89. The monoisotopic (exact) mass is 253 g/mol. The topological polar surface area (TPSA) is 32.3 Å². The van der Waals surface area contributed by atoms with Crippen LogP contribution < -0.4 is 5.32 Å². The predicted octanol–water partition coefficient (Wildman–Crippen LogP) is 3.22. The molecule has 17 heavy (non-hydrogen) atoms. The van der Waals surface area contributed by atoms with Gasteiger partial charge in [-0.05, 0) is 44.2 Å². The van der Waals surface area contributed by atoms with E-state index in [-0.39, 0.29) is 6.04 Å². The number of aliphatic hydroxyl groups is 1. The minimum absolute atomic E-state index is 0.266. The van der Waals surface area contributed by atoms with E-state index in [4.69, 9.17) is 0 Å². The summed E-state index contributed by atoms with van der Waals surface area (Å²) < 4.78 is 0. The average molecular weight is 253 g/mol. The third-order valence-corrected chi connectivity index (χ3v) is 3.43. The molecule has 1 unspecified atom stereocenters. The number of thioether (sulfide) groups is 1. The Hall–Kier alpha value is -0.510. The highest BCUT2D eigenvalue weighted by atomic mass is 32.2. The third-order valence-electron chi connectivity index (χ3n) is 2.53. The van der Waals surface area contributed by atoms with Crippen molar-refractivity contribution in [3.8, 4) is 0 Å². The number of benzene rings is 1. The van der Waals surface area contributed by atoms with E-state index in [0.29, 0.717) is 6.54 Å². The molecule has 2 nitrogen and oxygen atoms in total.